The molecule has 9 heteroatoms. The number of halogens is 3. The van der Waals surface area contributed by atoms with Gasteiger partial charge in [0, 0.05) is 11.1 Å². The number of rotatable bonds is 3. The van der Waals surface area contributed by atoms with Gasteiger partial charge in [-0.3, -0.25) is 9.89 Å². The van der Waals surface area contributed by atoms with Crippen LogP contribution in [0.25, 0.3) is 16.6 Å². The van der Waals surface area contributed by atoms with Crippen molar-refractivity contribution < 1.29 is 18.0 Å². The molecule has 2 aromatic heterocycles. The number of benzene rings is 2. The lowest BCUT2D eigenvalue weighted by Gasteiger charge is -2.13. The molecule has 4 rings (SSSR count). The summed E-state index contributed by atoms with van der Waals surface area (Å²) in [6, 6.07) is 12.7. The largest absolute Gasteiger partial charge is 0.434 e. The Morgan fingerprint density at radius 1 is 1.07 bits per heavy atom. The Morgan fingerprint density at radius 2 is 1.85 bits per heavy atom. The van der Waals surface area contributed by atoms with Gasteiger partial charge in [0.05, 0.1) is 29.2 Å². The van der Waals surface area contributed by atoms with Crippen molar-refractivity contribution in [3.63, 3.8) is 0 Å². The van der Waals surface area contributed by atoms with Crippen molar-refractivity contribution in [3.05, 3.63) is 72.2 Å². The van der Waals surface area contributed by atoms with Gasteiger partial charge in [-0.15, -0.1) is 0 Å². The van der Waals surface area contributed by atoms with Crippen LogP contribution in [-0.2, 0) is 6.18 Å². The van der Waals surface area contributed by atoms with Crippen LogP contribution in [0, 0.1) is 0 Å². The number of hydrogen-bond donors (Lipinski definition) is 2. The van der Waals surface area contributed by atoms with Crippen molar-refractivity contribution in [1.29, 1.82) is 0 Å². The highest BCUT2D eigenvalue weighted by Crippen LogP contribution is 2.34. The van der Waals surface area contributed by atoms with Crippen molar-refractivity contribution in [3.8, 4) is 5.69 Å². The molecule has 0 aliphatic rings. The Labute approximate surface area is 150 Å². The van der Waals surface area contributed by atoms with Gasteiger partial charge in [-0.05, 0) is 30.3 Å². The number of nitrogens with one attached hydrogen (secondary N) is 2. The molecule has 0 saturated heterocycles. The molecule has 1 amide bonds. The summed E-state index contributed by atoms with van der Waals surface area (Å²) >= 11 is 0. The number of amides is 1. The molecule has 27 heavy (non-hydrogen) atoms. The third-order valence-electron chi connectivity index (χ3n) is 3.98. The predicted molar refractivity (Wildman–Crippen MR) is 92.6 cm³/mol. The van der Waals surface area contributed by atoms with Gasteiger partial charge in [-0.1, -0.05) is 18.2 Å². The maximum Gasteiger partial charge on any atom is 0.434 e. The van der Waals surface area contributed by atoms with Crippen molar-refractivity contribution >= 4 is 22.5 Å². The number of anilines is 1. The Hall–Kier alpha value is -3.62. The van der Waals surface area contributed by atoms with Crippen LogP contribution in [-0.4, -0.2) is 25.9 Å². The molecule has 0 aliphatic carbocycles. The molecular weight excluding hydrogens is 359 g/mol. The van der Waals surface area contributed by atoms with Gasteiger partial charge >= 0.3 is 6.18 Å². The molecule has 2 aromatic carbocycles. The zero-order valence-electron chi connectivity index (χ0n) is 13.7. The molecule has 0 bridgehead atoms. The topological polar surface area (TPSA) is 75.6 Å². The minimum absolute atomic E-state index is 0.211. The van der Waals surface area contributed by atoms with Crippen LogP contribution in [0.5, 0.6) is 0 Å². The quantitative estimate of drug-likeness (QED) is 0.571. The fourth-order valence-corrected chi connectivity index (χ4v) is 2.77. The molecule has 0 spiro atoms. The van der Waals surface area contributed by atoms with E-state index in [1.807, 2.05) is 0 Å². The summed E-state index contributed by atoms with van der Waals surface area (Å²) in [5.41, 5.74) is -0.478. The molecule has 0 saturated carbocycles. The smallest absolute Gasteiger partial charge is 0.322 e. The van der Waals surface area contributed by atoms with Crippen molar-refractivity contribution in [2.75, 3.05) is 5.32 Å². The number of aromatic amines is 1. The maximum absolute atomic E-state index is 13.6. The third kappa shape index (κ3) is 3.14. The number of hydrogen-bond acceptors (Lipinski definition) is 3. The van der Waals surface area contributed by atoms with Gasteiger partial charge in [-0.25, -0.2) is 4.68 Å². The summed E-state index contributed by atoms with van der Waals surface area (Å²) in [4.78, 5) is 12.5. The maximum atomic E-state index is 13.6. The van der Waals surface area contributed by atoms with Gasteiger partial charge in [0.15, 0.2) is 5.69 Å². The monoisotopic (exact) mass is 371 g/mol. The van der Waals surface area contributed by atoms with Gasteiger partial charge in [0.1, 0.15) is 0 Å². The highest BCUT2D eigenvalue weighted by Gasteiger charge is 2.40. The zero-order chi connectivity index (χ0) is 19.0. The standard InChI is InChI=1S/C18H12F3N5O/c19-18(20,21)16-14(10-23-26(16)13-4-2-1-3-5-13)17(27)24-12-7-6-11-9-22-25-15(11)8-12/h1-10H,(H,22,25)(H,24,27). The van der Waals surface area contributed by atoms with E-state index >= 15 is 0 Å². The average molecular weight is 371 g/mol. The Morgan fingerprint density at radius 3 is 2.59 bits per heavy atom. The van der Waals surface area contributed by atoms with Gasteiger partial charge in [0.2, 0.25) is 0 Å². The van der Waals surface area contributed by atoms with E-state index in [9.17, 15) is 18.0 Å². The molecular formula is C18H12F3N5O. The average Bonchev–Trinajstić information content (AvgIpc) is 3.28. The third-order valence-corrected chi connectivity index (χ3v) is 3.98. The highest BCUT2D eigenvalue weighted by molar-refractivity contribution is 6.05. The van der Waals surface area contributed by atoms with E-state index in [0.29, 0.717) is 15.9 Å². The Kier molecular flexibility index (Phi) is 3.91. The number of carbonyl (C=O) groups excluding carboxylic acids is 1. The van der Waals surface area contributed by atoms with Crippen LogP contribution in [0.3, 0.4) is 0 Å². The van der Waals surface area contributed by atoms with E-state index in [-0.39, 0.29) is 5.69 Å². The van der Waals surface area contributed by atoms with E-state index in [1.165, 1.54) is 12.1 Å². The predicted octanol–water partition coefficient (Wildman–Crippen LogP) is 4.02. The second-order valence-corrected chi connectivity index (χ2v) is 5.78. The molecule has 0 aliphatic heterocycles. The first-order chi connectivity index (χ1) is 12.9. The second-order valence-electron chi connectivity index (χ2n) is 5.78. The van der Waals surface area contributed by atoms with E-state index in [0.717, 1.165) is 11.6 Å². The fraction of sp³-hybridized carbons (Fsp3) is 0.0556. The van der Waals surface area contributed by atoms with Gasteiger partial charge < -0.3 is 5.32 Å². The van der Waals surface area contributed by atoms with Gasteiger partial charge in [-0.2, -0.15) is 23.4 Å². The summed E-state index contributed by atoms with van der Waals surface area (Å²) in [7, 11) is 0. The molecule has 136 valence electrons. The van der Waals surface area contributed by atoms with E-state index in [4.69, 9.17) is 0 Å². The van der Waals surface area contributed by atoms with Crippen molar-refractivity contribution in [2.45, 2.75) is 6.18 Å². The summed E-state index contributed by atoms with van der Waals surface area (Å²) in [5.74, 6) is -0.900. The van der Waals surface area contributed by atoms with Crippen molar-refractivity contribution in [1.82, 2.24) is 20.0 Å². The Bertz CT molecular complexity index is 1110. The molecule has 6 nitrogen and oxygen atoms in total. The summed E-state index contributed by atoms with van der Waals surface area (Å²) in [6.07, 6.45) is -2.24. The molecule has 0 radical (unpaired) electrons. The minimum atomic E-state index is -4.76. The molecule has 0 fully saturated rings. The SMILES string of the molecule is O=C(Nc1ccc2cn[nH]c2c1)c1cnn(-c2ccccc2)c1C(F)(F)F. The number of fused-ring (bicyclic) bond motifs is 1. The normalized spacial score (nSPS) is 11.7. The van der Waals surface area contributed by atoms with Crippen LogP contribution in [0.1, 0.15) is 16.1 Å². The molecule has 4 aromatic rings. The van der Waals surface area contributed by atoms with Crippen LogP contribution in [0.2, 0.25) is 0 Å². The Balaban J connectivity index is 1.72. The summed E-state index contributed by atoms with van der Waals surface area (Å²) in [6.45, 7) is 0. The minimum Gasteiger partial charge on any atom is -0.322 e. The molecule has 0 unspecified atom stereocenters. The summed E-state index contributed by atoms with van der Waals surface area (Å²) in [5, 5.41) is 13.7. The van der Waals surface area contributed by atoms with Crippen LogP contribution >= 0.6 is 0 Å². The number of para-hydroxylation sites is 1. The highest BCUT2D eigenvalue weighted by atomic mass is 19.4. The molecule has 0 atom stereocenters. The lowest BCUT2D eigenvalue weighted by molar-refractivity contribution is -0.143. The molecule has 2 N–H and O–H groups in total. The lowest BCUT2D eigenvalue weighted by Crippen LogP contribution is -2.20. The first kappa shape index (κ1) is 16.8. The van der Waals surface area contributed by atoms with Crippen LogP contribution < -0.4 is 5.32 Å². The van der Waals surface area contributed by atoms with Crippen LogP contribution in [0.4, 0.5) is 18.9 Å². The summed E-state index contributed by atoms with van der Waals surface area (Å²) < 4.78 is 41.6. The number of nitrogens with zero attached hydrogens (tertiary/aromatic N) is 3. The fourth-order valence-electron chi connectivity index (χ4n) is 2.77. The van der Waals surface area contributed by atoms with Gasteiger partial charge in [0.25, 0.3) is 5.91 Å². The number of H-pyrrole nitrogens is 1. The van der Waals surface area contributed by atoms with E-state index in [1.54, 1.807) is 42.6 Å². The zero-order valence-corrected chi connectivity index (χ0v) is 13.7. The first-order valence-corrected chi connectivity index (χ1v) is 7.88. The number of carbonyl (C=O) groups is 1. The van der Waals surface area contributed by atoms with Crippen LogP contribution in [0.15, 0.2) is 60.9 Å². The second kappa shape index (κ2) is 6.27. The number of alkyl halides is 3. The number of aromatic nitrogens is 4. The first-order valence-electron chi connectivity index (χ1n) is 7.88. The molecule has 2 heterocycles. The van der Waals surface area contributed by atoms with E-state index < -0.39 is 23.3 Å². The van der Waals surface area contributed by atoms with E-state index in [2.05, 4.69) is 20.6 Å². The lowest BCUT2D eigenvalue weighted by atomic mass is 10.2. The van der Waals surface area contributed by atoms with Crippen molar-refractivity contribution in [2.24, 2.45) is 0 Å².